The molecule has 0 aromatic heterocycles. The van der Waals surface area contributed by atoms with E-state index in [1.807, 2.05) is 33.3 Å². The van der Waals surface area contributed by atoms with Crippen LogP contribution in [0.1, 0.15) is 355 Å². The molecule has 0 aliphatic rings. The third-order valence-corrected chi connectivity index (χ3v) is 17.0. The summed E-state index contributed by atoms with van der Waals surface area (Å²) in [4.78, 5) is 40.1. The predicted molar refractivity (Wildman–Crippen MR) is 349 cm³/mol. The van der Waals surface area contributed by atoms with E-state index < -0.39 is 20.0 Å². The van der Waals surface area contributed by atoms with Gasteiger partial charge in [0.1, 0.15) is 19.3 Å². The van der Waals surface area contributed by atoms with Crippen molar-refractivity contribution in [2.24, 2.45) is 0 Å². The Balaban J connectivity index is 5.01. The van der Waals surface area contributed by atoms with Crippen molar-refractivity contribution in [2.45, 2.75) is 367 Å². The van der Waals surface area contributed by atoms with Gasteiger partial charge in [-0.1, -0.05) is 314 Å². The van der Waals surface area contributed by atoms with Gasteiger partial charge in [0.05, 0.1) is 33.8 Å². The van der Waals surface area contributed by atoms with Gasteiger partial charge in [-0.25, -0.2) is 0 Å². The van der Waals surface area contributed by atoms with Crippen LogP contribution in [0, 0.1) is 0 Å². The van der Waals surface area contributed by atoms with Gasteiger partial charge in [0.2, 0.25) is 5.91 Å². The number of carbonyl (C=O) groups is 2. The molecule has 0 saturated carbocycles. The summed E-state index contributed by atoms with van der Waals surface area (Å²) in [6.45, 7) is 6.87. The van der Waals surface area contributed by atoms with Crippen molar-refractivity contribution < 1.29 is 37.3 Å². The van der Waals surface area contributed by atoms with Crippen molar-refractivity contribution in [3.8, 4) is 0 Å². The van der Waals surface area contributed by atoms with Crippen LogP contribution in [0.2, 0.25) is 0 Å². The van der Waals surface area contributed by atoms with Gasteiger partial charge in [-0.15, -0.1) is 0 Å². The minimum atomic E-state index is -4.70. The van der Waals surface area contributed by atoms with E-state index in [9.17, 15) is 19.0 Å². The lowest BCUT2D eigenvalue weighted by Gasteiger charge is -2.30. The lowest BCUT2D eigenvalue weighted by atomic mass is 10.0. The quantitative estimate of drug-likeness (QED) is 0.0212. The fourth-order valence-corrected chi connectivity index (χ4v) is 11.3. The number of quaternary nitrogens is 1. The Bertz CT molecular complexity index is 1480. The zero-order valence-electron chi connectivity index (χ0n) is 54.8. The largest absolute Gasteiger partial charge is 0.756 e. The molecule has 81 heavy (non-hydrogen) atoms. The second kappa shape index (κ2) is 61.3. The van der Waals surface area contributed by atoms with Crippen molar-refractivity contribution >= 4 is 19.7 Å². The molecule has 0 fully saturated rings. The smallest absolute Gasteiger partial charge is 0.306 e. The Labute approximate surface area is 504 Å². The fraction of sp³-hybridized carbons (Fsp3) is 0.887. The average Bonchev–Trinajstić information content (AvgIpc) is 3.44. The Morgan fingerprint density at radius 3 is 1.14 bits per heavy atom. The first kappa shape index (κ1) is 79.2. The molecule has 478 valence electrons. The predicted octanol–water partition coefficient (Wildman–Crippen LogP) is 21.6. The minimum Gasteiger partial charge on any atom is -0.756 e. The first-order valence-corrected chi connectivity index (χ1v) is 36.8. The Morgan fingerprint density at radius 2 is 0.753 bits per heavy atom. The lowest BCUT2D eigenvalue weighted by Crippen LogP contribution is -2.47. The number of allylic oxidation sites excluding steroid dienone is 5. The molecular weight excluding hydrogens is 1020 g/mol. The highest BCUT2D eigenvalue weighted by molar-refractivity contribution is 7.45. The number of nitrogens with one attached hydrogen (secondary N) is 1. The highest BCUT2D eigenvalue weighted by Gasteiger charge is 2.27. The summed E-state index contributed by atoms with van der Waals surface area (Å²) in [6.07, 6.45) is 75.5. The summed E-state index contributed by atoms with van der Waals surface area (Å²) < 4.78 is 30.4. The lowest BCUT2D eigenvalue weighted by molar-refractivity contribution is -0.870. The summed E-state index contributed by atoms with van der Waals surface area (Å²) in [6, 6.07) is -0.886. The molecule has 0 bridgehead atoms. The summed E-state index contributed by atoms with van der Waals surface area (Å²) in [5.74, 6) is -0.525. The molecular formula is C71H137N2O7P. The number of esters is 1. The number of unbranched alkanes of at least 4 members (excludes halogenated alkanes) is 45. The van der Waals surface area contributed by atoms with Gasteiger partial charge in [0, 0.05) is 12.8 Å². The number of rotatable bonds is 65. The van der Waals surface area contributed by atoms with Gasteiger partial charge in [-0.3, -0.25) is 14.2 Å². The van der Waals surface area contributed by atoms with E-state index in [1.165, 1.54) is 257 Å². The van der Waals surface area contributed by atoms with E-state index in [0.717, 1.165) is 64.2 Å². The van der Waals surface area contributed by atoms with Gasteiger partial charge < -0.3 is 28.5 Å². The van der Waals surface area contributed by atoms with Crippen molar-refractivity contribution in [1.29, 1.82) is 0 Å². The number of amides is 1. The van der Waals surface area contributed by atoms with Gasteiger partial charge >= 0.3 is 5.97 Å². The third-order valence-electron chi connectivity index (χ3n) is 16.1. The molecule has 0 rings (SSSR count). The number of nitrogens with zero attached hydrogens (tertiary/aromatic N) is 1. The SMILES string of the molecule is CCCCC/C=C\C/C=C\CCCCCCCCCCCCCC(=O)NC(COP(=O)([O-])OCC[N+](C)(C)C)C(/C=C/CCCCCCCCCCC)OC(=O)CCCCCCCCCCCCCCCCCCCCCCCCC. The fourth-order valence-electron chi connectivity index (χ4n) is 10.6. The Hall–Kier alpha value is -1.77. The molecule has 0 saturated heterocycles. The number of phosphoric ester groups is 1. The Morgan fingerprint density at radius 1 is 0.432 bits per heavy atom. The zero-order valence-corrected chi connectivity index (χ0v) is 55.7. The molecule has 0 aromatic carbocycles. The number of hydrogen-bond acceptors (Lipinski definition) is 7. The van der Waals surface area contributed by atoms with E-state index in [0.29, 0.717) is 17.4 Å². The van der Waals surface area contributed by atoms with Crippen LogP contribution in [0.5, 0.6) is 0 Å². The monoisotopic (exact) mass is 1160 g/mol. The number of likely N-dealkylation sites (N-methyl/N-ethyl adjacent to an activating group) is 1. The van der Waals surface area contributed by atoms with Crippen LogP contribution < -0.4 is 10.2 Å². The molecule has 0 heterocycles. The normalized spacial score (nSPS) is 13.7. The molecule has 0 radical (unpaired) electrons. The maximum atomic E-state index is 13.6. The first-order valence-electron chi connectivity index (χ1n) is 35.3. The number of ether oxygens (including phenoxy) is 1. The molecule has 1 N–H and O–H groups in total. The highest BCUT2D eigenvalue weighted by Crippen LogP contribution is 2.38. The maximum Gasteiger partial charge on any atom is 0.306 e. The topological polar surface area (TPSA) is 114 Å². The van der Waals surface area contributed by atoms with Crippen molar-refractivity contribution in [3.63, 3.8) is 0 Å². The van der Waals surface area contributed by atoms with E-state index in [4.69, 9.17) is 13.8 Å². The zero-order chi connectivity index (χ0) is 59.3. The molecule has 0 aliphatic heterocycles. The Kier molecular flexibility index (Phi) is 60.0. The number of phosphoric acid groups is 1. The van der Waals surface area contributed by atoms with Crippen molar-refractivity contribution in [3.05, 3.63) is 36.5 Å². The molecule has 9 nitrogen and oxygen atoms in total. The molecule has 0 spiro atoms. The van der Waals surface area contributed by atoms with Gasteiger partial charge in [-0.2, -0.15) is 0 Å². The second-order valence-electron chi connectivity index (χ2n) is 25.4. The van der Waals surface area contributed by atoms with E-state index >= 15 is 0 Å². The average molecular weight is 1160 g/mol. The van der Waals surface area contributed by atoms with E-state index in [-0.39, 0.29) is 31.5 Å². The van der Waals surface area contributed by atoms with Crippen LogP contribution in [0.15, 0.2) is 36.5 Å². The maximum absolute atomic E-state index is 13.6. The van der Waals surface area contributed by atoms with Crippen LogP contribution in [-0.4, -0.2) is 69.4 Å². The first-order chi connectivity index (χ1) is 39.4. The molecule has 0 aromatic rings. The number of carbonyl (C=O) groups excluding carboxylic acids is 2. The summed E-state index contributed by atoms with van der Waals surface area (Å²) >= 11 is 0. The summed E-state index contributed by atoms with van der Waals surface area (Å²) in [5, 5.41) is 3.04. The summed E-state index contributed by atoms with van der Waals surface area (Å²) in [5.41, 5.74) is 0. The van der Waals surface area contributed by atoms with Crippen LogP contribution in [0.4, 0.5) is 0 Å². The molecule has 3 atom stereocenters. The molecule has 1 amide bonds. The van der Waals surface area contributed by atoms with Crippen LogP contribution >= 0.6 is 7.82 Å². The molecule has 10 heteroatoms. The number of hydrogen-bond donors (Lipinski definition) is 1. The van der Waals surface area contributed by atoms with Crippen molar-refractivity contribution in [1.82, 2.24) is 5.32 Å². The van der Waals surface area contributed by atoms with E-state index in [2.05, 4.69) is 50.4 Å². The van der Waals surface area contributed by atoms with Gasteiger partial charge in [-0.05, 0) is 63.9 Å². The van der Waals surface area contributed by atoms with Crippen LogP contribution in [-0.2, 0) is 27.9 Å². The van der Waals surface area contributed by atoms with Crippen LogP contribution in [0.3, 0.4) is 0 Å². The van der Waals surface area contributed by atoms with Gasteiger partial charge in [0.25, 0.3) is 7.82 Å². The van der Waals surface area contributed by atoms with Gasteiger partial charge in [0.15, 0.2) is 0 Å². The van der Waals surface area contributed by atoms with E-state index in [1.54, 1.807) is 0 Å². The van der Waals surface area contributed by atoms with Crippen LogP contribution in [0.25, 0.3) is 0 Å². The third kappa shape index (κ3) is 62.6. The summed E-state index contributed by atoms with van der Waals surface area (Å²) in [7, 11) is 1.20. The molecule has 3 unspecified atom stereocenters. The van der Waals surface area contributed by atoms with Crippen molar-refractivity contribution in [2.75, 3.05) is 40.9 Å². The minimum absolute atomic E-state index is 0.0200. The second-order valence-corrected chi connectivity index (χ2v) is 26.8. The standard InChI is InChI=1S/C71H137N2O7P/c1-7-10-13-16-19-22-25-27-29-31-33-35-36-38-40-42-44-46-49-52-55-58-61-64-71(75)80-69(62-59-56-53-50-47-24-21-18-15-12-9-3)68(67-79-81(76,77)78-66-65-73(4,5)6)72-70(74)63-60-57-54-51-48-45-43-41-39-37-34-32-30-28-26-23-20-17-14-11-8-2/h20,23,28,30,59,62,68-69H,7-19,21-22,24-27,29,31-58,60-61,63-67H2,1-6H3,(H-,72,74,76,77)/b23-20-,30-28-,62-59+. The highest BCUT2D eigenvalue weighted by atomic mass is 31.2. The molecule has 0 aliphatic carbocycles.